The predicted octanol–water partition coefficient (Wildman–Crippen LogP) is -4.60. The molecule has 25 nitrogen and oxygen atoms in total. The highest BCUT2D eigenvalue weighted by Gasteiger charge is 2.35. The van der Waals surface area contributed by atoms with Crippen molar-refractivity contribution in [2.75, 3.05) is 31.3 Å². The quantitative estimate of drug-likeness (QED) is 0.0328. The van der Waals surface area contributed by atoms with E-state index in [1.54, 1.807) is 20.0 Å². The number of hydrogen-bond donors (Lipinski definition) is 17. The Balaban J connectivity index is 2.16. The third-order valence-corrected chi connectivity index (χ3v) is 11.1. The molecule has 16 N–H and O–H groups in total. The second-order valence-corrected chi connectivity index (χ2v) is 17.4. The molecule has 1 heterocycles. The lowest BCUT2D eigenvalue weighted by atomic mass is 10.0. The highest BCUT2D eigenvalue weighted by atomic mass is 32.1. The predicted molar refractivity (Wildman–Crippen MR) is 253 cm³/mol. The molecule has 2 rings (SSSR count). The van der Waals surface area contributed by atoms with Crippen LogP contribution in [0, 0.1) is 11.8 Å². The van der Waals surface area contributed by atoms with Crippen molar-refractivity contribution >= 4 is 95.4 Å². The first-order valence-corrected chi connectivity index (χ1v) is 23.0. The number of carboxylic acids is 2. The third kappa shape index (κ3) is 18.8. The number of hydrogen-bond acceptors (Lipinski definition) is 16. The molecule has 69 heavy (non-hydrogen) atoms. The van der Waals surface area contributed by atoms with Crippen molar-refractivity contribution in [3.8, 4) is 0 Å². The highest BCUT2D eigenvalue weighted by molar-refractivity contribution is 7.80. The summed E-state index contributed by atoms with van der Waals surface area (Å²) in [5, 5.41) is 67.2. The van der Waals surface area contributed by atoms with E-state index in [2.05, 4.69) is 62.1 Å². The fourth-order valence-corrected chi connectivity index (χ4v) is 7.03. The molecule has 0 unspecified atom stereocenters. The first kappa shape index (κ1) is 59.1. The van der Waals surface area contributed by atoms with Gasteiger partial charge in [-0.1, -0.05) is 45.9 Å². The fourth-order valence-electron chi connectivity index (χ4n) is 6.52. The van der Waals surface area contributed by atoms with Gasteiger partial charge in [-0.3, -0.25) is 43.2 Å². The van der Waals surface area contributed by atoms with Gasteiger partial charge in [0, 0.05) is 35.0 Å². The molecule has 0 fully saturated rings. The Morgan fingerprint density at radius 2 is 1.01 bits per heavy atom. The number of carboxylic acid groups (broad SMARTS) is 2. The SMILES string of the molecule is CC(C)C[C@H](NC(=O)[C@H](CCC(=O)O)NC(=O)[C@@H](N)Cc1c[nH]c2ccccc12)C(=O)N[C@@H](CS)C(=O)N[C@H](C(=O)N[C@@H](CO)C(=O)N[C@@H](CO)C(=O)N[C@@H](CO)C(=O)N[C@@H](CS)C(=O)O)C(C)C. The lowest BCUT2D eigenvalue weighted by Crippen LogP contribution is -2.62. The van der Waals surface area contributed by atoms with E-state index in [4.69, 9.17) is 10.8 Å². The van der Waals surface area contributed by atoms with E-state index in [1.807, 2.05) is 34.9 Å². The second kappa shape index (κ2) is 29.1. The zero-order valence-corrected chi connectivity index (χ0v) is 40.2. The van der Waals surface area contributed by atoms with Crippen molar-refractivity contribution in [2.45, 2.75) is 108 Å². The Labute approximate surface area is 407 Å². The van der Waals surface area contributed by atoms with Gasteiger partial charge in [-0.05, 0) is 42.7 Å². The molecule has 2 aromatic rings. The number of carbonyl (C=O) groups excluding carboxylic acids is 8. The highest BCUT2D eigenvalue weighted by Crippen LogP contribution is 2.19. The fraction of sp³-hybridized carbons (Fsp3) is 0.571. The molecule has 8 amide bonds. The van der Waals surface area contributed by atoms with Gasteiger partial charge in [0.2, 0.25) is 47.3 Å². The molecule has 0 saturated carbocycles. The van der Waals surface area contributed by atoms with Crippen molar-refractivity contribution in [3.05, 3.63) is 36.0 Å². The monoisotopic (exact) mass is 1010 g/mol. The van der Waals surface area contributed by atoms with Crippen LogP contribution in [-0.2, 0) is 54.4 Å². The second-order valence-electron chi connectivity index (χ2n) is 16.6. The summed E-state index contributed by atoms with van der Waals surface area (Å²) in [5.41, 5.74) is 7.77. The Hall–Kier alpha value is -6.00. The molecule has 1 aromatic carbocycles. The van der Waals surface area contributed by atoms with Crippen LogP contribution >= 0.6 is 25.3 Å². The minimum Gasteiger partial charge on any atom is -0.481 e. The van der Waals surface area contributed by atoms with Crippen LogP contribution in [0.1, 0.15) is 52.5 Å². The average Bonchev–Trinajstić information content (AvgIpc) is 3.71. The van der Waals surface area contributed by atoms with E-state index < -0.39 is 146 Å². The molecule has 384 valence electrons. The molecular weight excluding hydrogens is 949 g/mol. The van der Waals surface area contributed by atoms with Crippen molar-refractivity contribution in [2.24, 2.45) is 17.6 Å². The topological polar surface area (TPSA) is 410 Å². The molecule has 9 atom stereocenters. The number of H-pyrrole nitrogens is 1. The zero-order valence-electron chi connectivity index (χ0n) is 38.4. The van der Waals surface area contributed by atoms with Gasteiger partial charge in [0.15, 0.2) is 0 Å². The molecular formula is C42H64N10O15S2. The lowest BCUT2D eigenvalue weighted by molar-refractivity contribution is -0.142. The minimum absolute atomic E-state index is 0.0135. The van der Waals surface area contributed by atoms with Gasteiger partial charge in [0.05, 0.1) is 25.9 Å². The summed E-state index contributed by atoms with van der Waals surface area (Å²) in [7, 11) is 0. The van der Waals surface area contributed by atoms with Crippen molar-refractivity contribution in [3.63, 3.8) is 0 Å². The molecule has 0 aliphatic heterocycles. The molecule has 0 radical (unpaired) electrons. The van der Waals surface area contributed by atoms with Gasteiger partial charge in [-0.15, -0.1) is 0 Å². The number of aliphatic carboxylic acids is 2. The number of aromatic nitrogens is 1. The summed E-state index contributed by atoms with van der Waals surface area (Å²) < 4.78 is 0. The molecule has 0 aliphatic rings. The van der Waals surface area contributed by atoms with Crippen LogP contribution in [0.3, 0.4) is 0 Å². The number of nitrogens with one attached hydrogen (secondary N) is 9. The van der Waals surface area contributed by atoms with E-state index in [9.17, 15) is 68.4 Å². The molecule has 0 saturated heterocycles. The normalized spacial score (nSPS) is 15.2. The smallest absolute Gasteiger partial charge is 0.327 e. The zero-order chi connectivity index (χ0) is 52.1. The van der Waals surface area contributed by atoms with Gasteiger partial charge in [-0.2, -0.15) is 25.3 Å². The number of amides is 8. The van der Waals surface area contributed by atoms with Crippen molar-refractivity contribution in [1.82, 2.24) is 47.5 Å². The van der Waals surface area contributed by atoms with Gasteiger partial charge in [0.25, 0.3) is 0 Å². The number of para-hydroxylation sites is 1. The van der Waals surface area contributed by atoms with Crippen LogP contribution in [0.25, 0.3) is 10.9 Å². The Morgan fingerprint density at radius 3 is 1.49 bits per heavy atom. The van der Waals surface area contributed by atoms with E-state index in [0.717, 1.165) is 16.5 Å². The number of thiol groups is 2. The van der Waals surface area contributed by atoms with Crippen LogP contribution in [0.5, 0.6) is 0 Å². The molecule has 1 aromatic heterocycles. The first-order valence-electron chi connectivity index (χ1n) is 21.7. The third-order valence-electron chi connectivity index (χ3n) is 10.4. The van der Waals surface area contributed by atoms with Gasteiger partial charge in [-0.25, -0.2) is 4.79 Å². The standard InChI is InChI=1S/C42H64N10O15S2/c1-19(2)11-26(46-35(59)25(9-10-32(56)57)45-34(58)23(43)12-21-13-44-24-8-6-5-7-22(21)24)36(60)50-30(17-68)40(64)52-33(20(3)4)41(65)49-29(16-55)38(62)47-27(14-53)37(61)48-28(15-54)39(63)51-31(18-69)42(66)67/h5-8,13,19-20,23,25-31,33,44,53-55,68-69H,9-12,14-18,43H2,1-4H3,(H,45,58)(H,46,59)(H,47,62)(H,48,61)(H,49,65)(H,50,60)(H,51,63)(H,52,64)(H,56,57)(H,66,67)/t23-,25-,26-,27-,28-,29-,30-,31-,33-/m0/s1. The van der Waals surface area contributed by atoms with Crippen LogP contribution < -0.4 is 48.3 Å². The van der Waals surface area contributed by atoms with E-state index >= 15 is 0 Å². The number of aliphatic hydroxyl groups excluding tert-OH is 3. The summed E-state index contributed by atoms with van der Waals surface area (Å²) in [6.07, 6.45) is 0.896. The molecule has 27 heteroatoms. The van der Waals surface area contributed by atoms with E-state index in [0.29, 0.717) is 0 Å². The number of nitrogens with two attached hydrogens (primary N) is 1. The number of fused-ring (bicyclic) bond motifs is 1. The number of rotatable bonds is 30. The van der Waals surface area contributed by atoms with Crippen molar-refractivity contribution in [1.29, 1.82) is 0 Å². The number of aliphatic hydroxyl groups is 3. The van der Waals surface area contributed by atoms with Gasteiger partial charge >= 0.3 is 11.9 Å². The summed E-state index contributed by atoms with van der Waals surface area (Å²) >= 11 is 8.00. The number of aromatic amines is 1. The Morgan fingerprint density at radius 1 is 0.580 bits per heavy atom. The summed E-state index contributed by atoms with van der Waals surface area (Å²) in [5.74, 6) is -12.3. The van der Waals surface area contributed by atoms with E-state index in [-0.39, 0.29) is 36.7 Å². The molecule has 0 bridgehead atoms. The first-order chi connectivity index (χ1) is 32.5. The summed E-state index contributed by atoms with van der Waals surface area (Å²) in [4.78, 5) is 132. The van der Waals surface area contributed by atoms with Crippen LogP contribution in [-0.4, -0.2) is 175 Å². The lowest BCUT2D eigenvalue weighted by Gasteiger charge is -2.28. The maximum absolute atomic E-state index is 13.8. The molecule has 0 aliphatic carbocycles. The number of carbonyl (C=O) groups is 10. The summed E-state index contributed by atoms with van der Waals surface area (Å²) in [6.45, 7) is 3.36. The van der Waals surface area contributed by atoms with Crippen LogP contribution in [0.2, 0.25) is 0 Å². The summed E-state index contributed by atoms with van der Waals surface area (Å²) in [6, 6.07) is -6.27. The average molecular weight is 1010 g/mol. The maximum atomic E-state index is 13.8. The van der Waals surface area contributed by atoms with Crippen LogP contribution in [0.4, 0.5) is 0 Å². The van der Waals surface area contributed by atoms with Crippen LogP contribution in [0.15, 0.2) is 30.5 Å². The largest absolute Gasteiger partial charge is 0.481 e. The van der Waals surface area contributed by atoms with Gasteiger partial charge in [0.1, 0.15) is 48.3 Å². The van der Waals surface area contributed by atoms with E-state index in [1.165, 1.54) is 13.8 Å². The molecule has 0 spiro atoms. The minimum atomic E-state index is -1.82. The van der Waals surface area contributed by atoms with Crippen molar-refractivity contribution < 1.29 is 73.5 Å². The maximum Gasteiger partial charge on any atom is 0.327 e. The Kier molecular flexibility index (Phi) is 25.0. The number of benzene rings is 1. The van der Waals surface area contributed by atoms with Gasteiger partial charge < -0.3 is 78.8 Å². The Bertz CT molecular complexity index is 2130.